The summed E-state index contributed by atoms with van der Waals surface area (Å²) in [5.74, 6) is -0.289. The lowest BCUT2D eigenvalue weighted by Crippen LogP contribution is -2.25. The number of hydrazone groups is 1. The van der Waals surface area contributed by atoms with Crippen molar-refractivity contribution >= 4 is 34.0 Å². The number of carbonyl (C=O) groups excluding carboxylic acids is 2. The number of benzene rings is 3. The molecule has 8 heteroatoms. The van der Waals surface area contributed by atoms with Crippen molar-refractivity contribution < 1.29 is 24.2 Å². The molecule has 0 spiro atoms. The molecule has 0 fully saturated rings. The van der Waals surface area contributed by atoms with E-state index >= 15 is 0 Å². The first-order chi connectivity index (χ1) is 16.0. The van der Waals surface area contributed by atoms with E-state index in [2.05, 4.69) is 26.5 Å². The first-order valence-electron chi connectivity index (χ1n) is 10.3. The van der Waals surface area contributed by atoms with Crippen molar-refractivity contribution in [2.75, 3.05) is 6.61 Å². The molecule has 0 aromatic heterocycles. The van der Waals surface area contributed by atoms with Crippen LogP contribution in [0, 0.1) is 0 Å². The Kier molecular flexibility index (Phi) is 8.74. The molecule has 2 N–H and O–H groups in total. The van der Waals surface area contributed by atoms with Crippen molar-refractivity contribution in [2.24, 2.45) is 5.10 Å². The molecule has 33 heavy (non-hydrogen) atoms. The summed E-state index contributed by atoms with van der Waals surface area (Å²) in [6.07, 6.45) is 0.876. The summed E-state index contributed by atoms with van der Waals surface area (Å²) >= 11 is 3.37. The van der Waals surface area contributed by atoms with Crippen molar-refractivity contribution in [3.05, 3.63) is 94.0 Å². The van der Waals surface area contributed by atoms with E-state index in [1.165, 1.54) is 6.21 Å². The maximum atomic E-state index is 12.6. The fourth-order valence-electron chi connectivity index (χ4n) is 2.79. The van der Waals surface area contributed by atoms with E-state index in [0.29, 0.717) is 29.0 Å². The fourth-order valence-corrected chi connectivity index (χ4v) is 3.17. The Bertz CT molecular complexity index is 1120. The van der Waals surface area contributed by atoms with Crippen LogP contribution in [0.4, 0.5) is 0 Å². The highest BCUT2D eigenvalue weighted by Crippen LogP contribution is 2.23. The largest absolute Gasteiger partial charge is 0.494 e. The van der Waals surface area contributed by atoms with Gasteiger partial charge < -0.3 is 14.6 Å². The molecule has 170 valence electrons. The third kappa shape index (κ3) is 7.00. The second-order valence-corrected chi connectivity index (χ2v) is 7.91. The van der Waals surface area contributed by atoms with Gasteiger partial charge in [0.2, 0.25) is 0 Å². The van der Waals surface area contributed by atoms with Gasteiger partial charge in [-0.3, -0.25) is 4.79 Å². The van der Waals surface area contributed by atoms with Gasteiger partial charge in [0.25, 0.3) is 5.91 Å². The van der Waals surface area contributed by atoms with Gasteiger partial charge in [-0.15, -0.1) is 0 Å². The molecule has 0 heterocycles. The summed E-state index contributed by atoms with van der Waals surface area (Å²) in [6, 6.07) is 20.2. The van der Waals surface area contributed by atoms with E-state index in [-0.39, 0.29) is 5.75 Å². The second-order valence-electron chi connectivity index (χ2n) is 6.99. The molecule has 1 amide bonds. The Morgan fingerprint density at radius 2 is 1.82 bits per heavy atom. The zero-order valence-corrected chi connectivity index (χ0v) is 19.5. The Hall–Kier alpha value is -3.49. The van der Waals surface area contributed by atoms with Crippen molar-refractivity contribution in [2.45, 2.75) is 19.4 Å². The number of ether oxygens (including phenoxy) is 2. The number of hydrogen-bond donors (Lipinski definition) is 2. The van der Waals surface area contributed by atoms with Gasteiger partial charge in [-0.2, -0.15) is 5.10 Å². The lowest BCUT2D eigenvalue weighted by Gasteiger charge is -2.10. The molecule has 0 saturated carbocycles. The first kappa shape index (κ1) is 24.2. The van der Waals surface area contributed by atoms with E-state index in [9.17, 15) is 14.7 Å². The number of aliphatic hydroxyl groups is 1. The van der Waals surface area contributed by atoms with Gasteiger partial charge in [-0.25, -0.2) is 10.2 Å². The van der Waals surface area contributed by atoms with E-state index in [0.717, 1.165) is 10.9 Å². The highest BCUT2D eigenvalue weighted by molar-refractivity contribution is 9.10. The molecule has 7 nitrogen and oxygen atoms in total. The molecule has 0 bridgehead atoms. The number of carbonyl (C=O) groups is 2. The molecular weight excluding hydrogens is 488 g/mol. The molecule has 0 aliphatic rings. The summed E-state index contributed by atoms with van der Waals surface area (Å²) < 4.78 is 11.8. The maximum absolute atomic E-state index is 12.6. The number of rotatable bonds is 9. The van der Waals surface area contributed by atoms with Gasteiger partial charge in [0.15, 0.2) is 6.10 Å². The molecule has 3 rings (SSSR count). The van der Waals surface area contributed by atoms with Gasteiger partial charge in [0.05, 0.1) is 18.4 Å². The number of amides is 1. The first-order valence-corrected chi connectivity index (χ1v) is 11.1. The minimum absolute atomic E-state index is 0.260. The normalized spacial score (nSPS) is 11.7. The molecule has 0 radical (unpaired) electrons. The molecule has 0 aliphatic heterocycles. The van der Waals surface area contributed by atoms with Gasteiger partial charge in [-0.1, -0.05) is 53.2 Å². The highest BCUT2D eigenvalue weighted by atomic mass is 79.9. The van der Waals surface area contributed by atoms with Crippen molar-refractivity contribution in [3.63, 3.8) is 0 Å². The zero-order chi connectivity index (χ0) is 23.6. The number of nitrogens with zero attached hydrogens (tertiary/aromatic N) is 1. The zero-order valence-electron chi connectivity index (χ0n) is 17.9. The van der Waals surface area contributed by atoms with Crippen molar-refractivity contribution in [1.82, 2.24) is 5.43 Å². The highest BCUT2D eigenvalue weighted by Gasteiger charge is 2.16. The molecule has 0 saturated heterocycles. The predicted octanol–water partition coefficient (Wildman–Crippen LogP) is 4.64. The summed E-state index contributed by atoms with van der Waals surface area (Å²) in [6.45, 7) is 2.62. The van der Waals surface area contributed by atoms with E-state index in [4.69, 9.17) is 9.47 Å². The number of esters is 1. The molecule has 1 atom stereocenters. The lowest BCUT2D eigenvalue weighted by molar-refractivity contribution is -0.129. The third-order valence-corrected chi connectivity index (χ3v) is 4.97. The van der Waals surface area contributed by atoms with Crippen LogP contribution in [0.15, 0.2) is 82.4 Å². The van der Waals surface area contributed by atoms with E-state index in [1.54, 1.807) is 72.8 Å². The lowest BCUT2D eigenvalue weighted by atomic mass is 10.1. The average molecular weight is 511 g/mol. The van der Waals surface area contributed by atoms with Crippen LogP contribution in [0.2, 0.25) is 0 Å². The molecule has 0 aliphatic carbocycles. The standard InChI is InChI=1S/C25H23BrN2O5/c1-2-14-32-21-11-8-18(9-12-21)25(31)33-22-13-10-20(26)15-19(22)16-27-28-24(30)23(29)17-6-4-3-5-7-17/h3-13,15-16,23,29H,2,14H2,1H3,(H,28,30)/b27-16-/t23-/m0/s1. The number of aliphatic hydroxyl groups excluding tert-OH is 1. The van der Waals surface area contributed by atoms with E-state index < -0.39 is 18.0 Å². The van der Waals surface area contributed by atoms with Gasteiger partial charge in [-0.05, 0) is 54.4 Å². The Morgan fingerprint density at radius 1 is 1.09 bits per heavy atom. The van der Waals surface area contributed by atoms with E-state index in [1.807, 2.05) is 6.92 Å². The fraction of sp³-hybridized carbons (Fsp3) is 0.160. The molecule has 3 aromatic rings. The minimum atomic E-state index is -1.35. The minimum Gasteiger partial charge on any atom is -0.494 e. The summed E-state index contributed by atoms with van der Waals surface area (Å²) in [7, 11) is 0. The Morgan fingerprint density at radius 3 is 2.52 bits per heavy atom. The van der Waals surface area contributed by atoms with Gasteiger partial charge in [0, 0.05) is 10.0 Å². The number of hydrogen-bond acceptors (Lipinski definition) is 6. The van der Waals surface area contributed by atoms with Crippen LogP contribution in [-0.2, 0) is 4.79 Å². The predicted molar refractivity (Wildman–Crippen MR) is 128 cm³/mol. The number of halogens is 1. The third-order valence-electron chi connectivity index (χ3n) is 4.48. The van der Waals surface area contributed by atoms with Crippen LogP contribution >= 0.6 is 15.9 Å². The SMILES string of the molecule is CCCOc1ccc(C(=O)Oc2ccc(Br)cc2/C=N\NC(=O)[C@@H](O)c2ccccc2)cc1. The summed E-state index contributed by atoms with van der Waals surface area (Å²) in [5.41, 5.74) is 3.57. The van der Waals surface area contributed by atoms with Gasteiger partial charge >= 0.3 is 5.97 Å². The molecule has 3 aromatic carbocycles. The molecular formula is C25H23BrN2O5. The number of nitrogens with one attached hydrogen (secondary N) is 1. The van der Waals surface area contributed by atoms with Crippen LogP contribution in [0.3, 0.4) is 0 Å². The van der Waals surface area contributed by atoms with Crippen LogP contribution in [0.5, 0.6) is 11.5 Å². The smallest absolute Gasteiger partial charge is 0.343 e. The quantitative estimate of drug-likeness (QED) is 0.189. The maximum Gasteiger partial charge on any atom is 0.343 e. The molecule has 0 unspecified atom stereocenters. The average Bonchev–Trinajstić information content (AvgIpc) is 2.84. The van der Waals surface area contributed by atoms with Gasteiger partial charge in [0.1, 0.15) is 11.5 Å². The Balaban J connectivity index is 1.67. The van der Waals surface area contributed by atoms with Crippen molar-refractivity contribution in [3.8, 4) is 11.5 Å². The van der Waals surface area contributed by atoms with Crippen LogP contribution in [-0.4, -0.2) is 29.8 Å². The summed E-state index contributed by atoms with van der Waals surface area (Å²) in [5, 5.41) is 14.0. The monoisotopic (exact) mass is 510 g/mol. The Labute approximate surface area is 200 Å². The van der Waals surface area contributed by atoms with Crippen LogP contribution in [0.25, 0.3) is 0 Å². The second kappa shape index (κ2) is 11.9. The topological polar surface area (TPSA) is 97.2 Å². The van der Waals surface area contributed by atoms with Crippen molar-refractivity contribution in [1.29, 1.82) is 0 Å². The summed E-state index contributed by atoms with van der Waals surface area (Å²) in [4.78, 5) is 24.7. The van der Waals surface area contributed by atoms with Crippen LogP contribution < -0.4 is 14.9 Å². The van der Waals surface area contributed by atoms with Crippen LogP contribution in [0.1, 0.15) is 40.9 Å².